The van der Waals surface area contributed by atoms with E-state index in [0.717, 1.165) is 5.56 Å². The van der Waals surface area contributed by atoms with Gasteiger partial charge < -0.3 is 0 Å². The highest BCUT2D eigenvalue weighted by molar-refractivity contribution is 5.28. The van der Waals surface area contributed by atoms with Gasteiger partial charge in [-0.15, -0.1) is 0 Å². The van der Waals surface area contributed by atoms with Crippen LogP contribution in [0.5, 0.6) is 0 Å². The maximum atomic E-state index is 8.69. The Bertz CT molecular complexity index is 467. The molecule has 0 aliphatic rings. The Morgan fingerprint density at radius 3 is 3.15 bits per heavy atom. The summed E-state index contributed by atoms with van der Waals surface area (Å²) in [6, 6.07) is 2.14. The number of hydrogen-bond acceptors (Lipinski definition) is 4. The normalized spacial score (nSPS) is 12.6. The lowest BCUT2D eigenvalue weighted by atomic mass is 10.1. The van der Waals surface area contributed by atoms with Crippen LogP contribution in [-0.4, -0.2) is 19.6 Å². The van der Waals surface area contributed by atoms with E-state index < -0.39 is 0 Å². The molecule has 0 aliphatic carbocycles. The second-order valence-corrected chi connectivity index (χ2v) is 2.74. The lowest BCUT2D eigenvalue weighted by molar-refractivity contribution is 0.879. The van der Waals surface area contributed by atoms with Crippen molar-refractivity contribution in [2.45, 2.75) is 12.8 Å². The number of hydrogen-bond donors (Lipinski definition) is 0. The van der Waals surface area contributed by atoms with E-state index in [9.17, 15) is 0 Å². The van der Waals surface area contributed by atoms with Crippen molar-refractivity contribution in [1.82, 2.24) is 19.6 Å². The molecule has 0 bridgehead atoms. The summed E-state index contributed by atoms with van der Waals surface area (Å²) in [5.41, 5.74) is 0.848. The van der Waals surface area contributed by atoms with Crippen molar-refractivity contribution in [3.8, 4) is 6.07 Å². The molecule has 0 N–H and O–H groups in total. The topological polar surface area (TPSA) is 66.9 Å². The third-order valence-electron chi connectivity index (χ3n) is 1.85. The Hall–Kier alpha value is -1.96. The molecule has 0 saturated carbocycles. The zero-order valence-electron chi connectivity index (χ0n) is 7.05. The van der Waals surface area contributed by atoms with Crippen molar-refractivity contribution in [2.24, 2.45) is 0 Å². The first kappa shape index (κ1) is 7.68. The molecule has 0 spiro atoms. The standard InChI is InChI=1S/C8H7N5/c1-6(2-9)7-3-10-8-11-5-12-13(8)4-7/h3-6H,1H3. The molecule has 2 heterocycles. The fourth-order valence-corrected chi connectivity index (χ4v) is 1.03. The molecule has 0 radical (unpaired) electrons. The summed E-state index contributed by atoms with van der Waals surface area (Å²) < 4.78 is 1.56. The molecule has 64 valence electrons. The lowest BCUT2D eigenvalue weighted by Gasteiger charge is -2.00. The molecule has 0 saturated heterocycles. The molecular formula is C8H7N5. The minimum absolute atomic E-state index is 0.166. The largest absolute Gasteiger partial charge is 0.252 e. The van der Waals surface area contributed by atoms with E-state index in [1.807, 2.05) is 6.92 Å². The van der Waals surface area contributed by atoms with Crippen LogP contribution < -0.4 is 0 Å². The second-order valence-electron chi connectivity index (χ2n) is 2.74. The van der Waals surface area contributed by atoms with Gasteiger partial charge in [0.25, 0.3) is 5.78 Å². The highest BCUT2D eigenvalue weighted by Gasteiger charge is 2.05. The van der Waals surface area contributed by atoms with Crippen molar-refractivity contribution in [1.29, 1.82) is 5.26 Å². The van der Waals surface area contributed by atoms with Crippen LogP contribution >= 0.6 is 0 Å². The number of nitrogens with zero attached hydrogens (tertiary/aromatic N) is 5. The minimum Gasteiger partial charge on any atom is -0.219 e. The summed E-state index contributed by atoms with van der Waals surface area (Å²) in [7, 11) is 0. The summed E-state index contributed by atoms with van der Waals surface area (Å²) in [6.45, 7) is 1.82. The molecule has 2 aromatic heterocycles. The summed E-state index contributed by atoms with van der Waals surface area (Å²) in [5, 5.41) is 12.6. The van der Waals surface area contributed by atoms with E-state index >= 15 is 0 Å². The van der Waals surface area contributed by atoms with Gasteiger partial charge in [-0.2, -0.15) is 15.3 Å². The van der Waals surface area contributed by atoms with E-state index in [-0.39, 0.29) is 5.92 Å². The zero-order chi connectivity index (χ0) is 9.26. The predicted molar refractivity (Wildman–Crippen MR) is 44.8 cm³/mol. The van der Waals surface area contributed by atoms with E-state index in [1.165, 1.54) is 6.33 Å². The smallest absolute Gasteiger partial charge is 0.219 e. The van der Waals surface area contributed by atoms with Gasteiger partial charge >= 0.3 is 0 Å². The van der Waals surface area contributed by atoms with Crippen LogP contribution in [0.15, 0.2) is 18.7 Å². The van der Waals surface area contributed by atoms with Crippen LogP contribution in [0.25, 0.3) is 5.78 Å². The van der Waals surface area contributed by atoms with Gasteiger partial charge in [0.2, 0.25) is 0 Å². The molecule has 0 fully saturated rings. The maximum Gasteiger partial charge on any atom is 0.252 e. The Kier molecular flexibility index (Phi) is 1.67. The van der Waals surface area contributed by atoms with Crippen LogP contribution in [0.1, 0.15) is 18.4 Å². The van der Waals surface area contributed by atoms with E-state index in [0.29, 0.717) is 5.78 Å². The summed E-state index contributed by atoms with van der Waals surface area (Å²) >= 11 is 0. The van der Waals surface area contributed by atoms with Gasteiger partial charge in [0, 0.05) is 18.0 Å². The molecule has 5 nitrogen and oxygen atoms in total. The van der Waals surface area contributed by atoms with Crippen molar-refractivity contribution in [2.75, 3.05) is 0 Å². The lowest BCUT2D eigenvalue weighted by Crippen LogP contribution is -1.97. The quantitative estimate of drug-likeness (QED) is 0.638. The maximum absolute atomic E-state index is 8.69. The Morgan fingerprint density at radius 2 is 2.38 bits per heavy atom. The van der Waals surface area contributed by atoms with Gasteiger partial charge in [-0.25, -0.2) is 9.50 Å². The average molecular weight is 173 g/mol. The van der Waals surface area contributed by atoms with Crippen molar-refractivity contribution < 1.29 is 0 Å². The third-order valence-corrected chi connectivity index (χ3v) is 1.85. The number of rotatable bonds is 1. The molecular weight excluding hydrogens is 166 g/mol. The highest BCUT2D eigenvalue weighted by atomic mass is 15.3. The third kappa shape index (κ3) is 1.22. The Balaban J connectivity index is 2.55. The molecule has 2 rings (SSSR count). The predicted octanol–water partition coefficient (Wildman–Crippen LogP) is 0.751. The Labute approximate surface area is 74.7 Å². The van der Waals surface area contributed by atoms with E-state index in [4.69, 9.17) is 5.26 Å². The van der Waals surface area contributed by atoms with Gasteiger partial charge in [0.05, 0.1) is 12.0 Å². The van der Waals surface area contributed by atoms with Crippen molar-refractivity contribution in [3.05, 3.63) is 24.3 Å². The van der Waals surface area contributed by atoms with Gasteiger partial charge in [-0.3, -0.25) is 0 Å². The number of aromatic nitrogens is 4. The molecule has 0 aromatic carbocycles. The van der Waals surface area contributed by atoms with Crippen LogP contribution in [0.2, 0.25) is 0 Å². The van der Waals surface area contributed by atoms with Crippen LogP contribution in [0.3, 0.4) is 0 Å². The number of nitriles is 1. The van der Waals surface area contributed by atoms with E-state index in [1.54, 1.807) is 16.9 Å². The first-order valence-corrected chi connectivity index (χ1v) is 3.86. The van der Waals surface area contributed by atoms with Crippen LogP contribution in [0, 0.1) is 11.3 Å². The van der Waals surface area contributed by atoms with Crippen LogP contribution in [-0.2, 0) is 0 Å². The molecule has 2 aromatic rings. The first-order valence-electron chi connectivity index (χ1n) is 3.86. The highest BCUT2D eigenvalue weighted by Crippen LogP contribution is 2.11. The van der Waals surface area contributed by atoms with Gasteiger partial charge in [0.15, 0.2) is 0 Å². The summed E-state index contributed by atoms with van der Waals surface area (Å²) in [5.74, 6) is 0.384. The van der Waals surface area contributed by atoms with Gasteiger partial charge in [0.1, 0.15) is 6.33 Å². The summed E-state index contributed by atoms with van der Waals surface area (Å²) in [4.78, 5) is 7.95. The zero-order valence-corrected chi connectivity index (χ0v) is 7.05. The SMILES string of the molecule is CC(C#N)c1cnc2ncnn2c1. The van der Waals surface area contributed by atoms with Gasteiger partial charge in [-0.05, 0) is 6.92 Å². The number of fused-ring (bicyclic) bond motifs is 1. The fourth-order valence-electron chi connectivity index (χ4n) is 1.03. The summed E-state index contributed by atoms with van der Waals surface area (Å²) in [6.07, 6.45) is 4.85. The molecule has 0 amide bonds. The van der Waals surface area contributed by atoms with E-state index in [2.05, 4.69) is 21.1 Å². The minimum atomic E-state index is -0.166. The molecule has 1 unspecified atom stereocenters. The fraction of sp³-hybridized carbons (Fsp3) is 0.250. The average Bonchev–Trinajstić information content (AvgIpc) is 2.63. The molecule has 0 aliphatic heterocycles. The molecule has 5 heteroatoms. The van der Waals surface area contributed by atoms with Gasteiger partial charge in [-0.1, -0.05) is 0 Å². The molecule has 1 atom stereocenters. The van der Waals surface area contributed by atoms with Crippen LogP contribution in [0.4, 0.5) is 0 Å². The monoisotopic (exact) mass is 173 g/mol. The van der Waals surface area contributed by atoms with Crippen molar-refractivity contribution >= 4 is 5.78 Å². The first-order chi connectivity index (χ1) is 6.31. The second kappa shape index (κ2) is 2.83. The molecule has 13 heavy (non-hydrogen) atoms. The Morgan fingerprint density at radius 1 is 1.54 bits per heavy atom. The van der Waals surface area contributed by atoms with Crippen molar-refractivity contribution in [3.63, 3.8) is 0 Å².